The van der Waals surface area contributed by atoms with Crippen LogP contribution in [-0.2, 0) is 54.0 Å². The van der Waals surface area contributed by atoms with Crippen molar-refractivity contribution in [2.24, 2.45) is 0 Å². The fourth-order valence-electron chi connectivity index (χ4n) is 4.23. The largest absolute Gasteiger partial charge is 0.493 e. The number of carbonyl (C=O) groups excluding carboxylic acids is 4. The lowest BCUT2D eigenvalue weighted by molar-refractivity contribution is -0.308. The maximum atomic E-state index is 11.9. The van der Waals surface area contributed by atoms with E-state index in [1.165, 1.54) is 21.0 Å². The molecular formula is C27H38O13. The Morgan fingerprint density at radius 3 is 1.77 bits per heavy atom. The van der Waals surface area contributed by atoms with Gasteiger partial charge < -0.3 is 42.6 Å². The topological polar surface area (TPSA) is 151 Å². The minimum absolute atomic E-state index is 0.179. The van der Waals surface area contributed by atoms with Gasteiger partial charge in [0.2, 0.25) is 5.75 Å². The standard InChI is InChI=1S/C27H38O13/c1-15(28)36-14-22-24(37-16(2)29)25(38-17(3)30)26(39-18(4)31)27(40-22)35-11-9-8-10-19-12-20(32-5)23(34-7)21(13-19)33-6/h12-13,22,24-27H,8-11,14H2,1-7H3/t22-,24-,25+,26-,27-/m1/s1. The first-order valence-electron chi connectivity index (χ1n) is 12.7. The van der Waals surface area contributed by atoms with Crippen molar-refractivity contribution in [1.29, 1.82) is 0 Å². The number of benzene rings is 1. The molecule has 0 aliphatic carbocycles. The Morgan fingerprint density at radius 2 is 1.27 bits per heavy atom. The van der Waals surface area contributed by atoms with Gasteiger partial charge in [0.15, 0.2) is 36.1 Å². The summed E-state index contributed by atoms with van der Waals surface area (Å²) in [7, 11) is 4.62. The van der Waals surface area contributed by atoms with Gasteiger partial charge in [0.25, 0.3) is 0 Å². The van der Waals surface area contributed by atoms with Crippen LogP contribution in [0.25, 0.3) is 0 Å². The van der Waals surface area contributed by atoms with Crippen LogP contribution in [-0.4, -0.2) is 89.1 Å². The molecule has 0 unspecified atom stereocenters. The molecule has 1 fully saturated rings. The second-order valence-corrected chi connectivity index (χ2v) is 8.93. The number of hydrogen-bond acceptors (Lipinski definition) is 13. The maximum Gasteiger partial charge on any atom is 0.303 e. The summed E-state index contributed by atoms with van der Waals surface area (Å²) in [6.45, 7) is 4.55. The molecular weight excluding hydrogens is 532 g/mol. The molecule has 1 aromatic carbocycles. The molecule has 2 rings (SSSR count). The Kier molecular flexibility index (Phi) is 12.9. The van der Waals surface area contributed by atoms with Crippen LogP contribution in [0.5, 0.6) is 17.2 Å². The quantitative estimate of drug-likeness (QED) is 0.183. The highest BCUT2D eigenvalue weighted by atomic mass is 16.7. The Balaban J connectivity index is 2.16. The van der Waals surface area contributed by atoms with Crippen molar-refractivity contribution in [3.63, 3.8) is 0 Å². The van der Waals surface area contributed by atoms with Crippen molar-refractivity contribution in [1.82, 2.24) is 0 Å². The van der Waals surface area contributed by atoms with E-state index in [0.29, 0.717) is 36.5 Å². The highest BCUT2D eigenvalue weighted by Gasteiger charge is 2.52. The Hall–Kier alpha value is -3.58. The summed E-state index contributed by atoms with van der Waals surface area (Å²) in [5.41, 5.74) is 0.960. The zero-order chi connectivity index (χ0) is 29.8. The molecule has 0 N–H and O–H groups in total. The van der Waals surface area contributed by atoms with Gasteiger partial charge in [-0.3, -0.25) is 19.2 Å². The average Bonchev–Trinajstić information content (AvgIpc) is 2.88. The van der Waals surface area contributed by atoms with E-state index in [0.717, 1.165) is 19.4 Å². The summed E-state index contributed by atoms with van der Waals surface area (Å²) in [6.07, 6.45) is -4.09. The van der Waals surface area contributed by atoms with E-state index in [9.17, 15) is 19.2 Å². The average molecular weight is 571 g/mol. The van der Waals surface area contributed by atoms with E-state index in [4.69, 9.17) is 42.6 Å². The van der Waals surface area contributed by atoms with Gasteiger partial charge in [-0.05, 0) is 37.0 Å². The first kappa shape index (κ1) is 32.6. The van der Waals surface area contributed by atoms with E-state index in [2.05, 4.69) is 0 Å². The van der Waals surface area contributed by atoms with Gasteiger partial charge in [-0.1, -0.05) is 0 Å². The molecule has 1 aromatic rings. The lowest BCUT2D eigenvalue weighted by Gasteiger charge is -2.44. The number of aryl methyl sites for hydroxylation is 1. The smallest absolute Gasteiger partial charge is 0.303 e. The molecule has 13 nitrogen and oxygen atoms in total. The van der Waals surface area contributed by atoms with Crippen molar-refractivity contribution in [2.45, 2.75) is 77.7 Å². The normalized spacial score (nSPS) is 22.0. The number of methoxy groups -OCH3 is 3. The third-order valence-electron chi connectivity index (χ3n) is 5.81. The van der Waals surface area contributed by atoms with E-state index >= 15 is 0 Å². The lowest BCUT2D eigenvalue weighted by atomic mass is 9.98. The number of carbonyl (C=O) groups is 4. The molecule has 224 valence electrons. The molecule has 13 heteroatoms. The van der Waals surface area contributed by atoms with E-state index in [1.807, 2.05) is 12.1 Å². The molecule has 40 heavy (non-hydrogen) atoms. The van der Waals surface area contributed by atoms with Gasteiger partial charge in [0.1, 0.15) is 12.7 Å². The number of hydrogen-bond donors (Lipinski definition) is 0. The van der Waals surface area contributed by atoms with Crippen LogP contribution in [0.2, 0.25) is 0 Å². The Labute approximate surface area is 233 Å². The van der Waals surface area contributed by atoms with E-state index in [-0.39, 0.29) is 13.2 Å². The van der Waals surface area contributed by atoms with Gasteiger partial charge in [-0.15, -0.1) is 0 Å². The summed E-state index contributed by atoms with van der Waals surface area (Å²) in [4.78, 5) is 47.1. The minimum atomic E-state index is -1.27. The second-order valence-electron chi connectivity index (χ2n) is 8.93. The summed E-state index contributed by atoms with van der Waals surface area (Å²) in [5, 5.41) is 0. The second kappa shape index (κ2) is 15.9. The highest BCUT2D eigenvalue weighted by Crippen LogP contribution is 2.38. The number of esters is 4. The van der Waals surface area contributed by atoms with Crippen molar-refractivity contribution in [3.05, 3.63) is 17.7 Å². The molecule has 1 heterocycles. The molecule has 0 spiro atoms. The van der Waals surface area contributed by atoms with Crippen LogP contribution < -0.4 is 14.2 Å². The first-order chi connectivity index (χ1) is 19.0. The molecule has 0 amide bonds. The van der Waals surface area contributed by atoms with Gasteiger partial charge in [0, 0.05) is 34.3 Å². The lowest BCUT2D eigenvalue weighted by Crippen LogP contribution is -2.63. The van der Waals surface area contributed by atoms with Crippen LogP contribution >= 0.6 is 0 Å². The van der Waals surface area contributed by atoms with Crippen LogP contribution in [0.3, 0.4) is 0 Å². The Morgan fingerprint density at radius 1 is 0.725 bits per heavy atom. The zero-order valence-electron chi connectivity index (χ0n) is 23.9. The SMILES string of the molecule is COc1cc(CCCCO[C@@H]2O[C@H](COC(C)=O)[C@@H](OC(C)=O)[C@H](OC(C)=O)[C@H]2OC(C)=O)cc(OC)c1OC. The summed E-state index contributed by atoms with van der Waals surface area (Å²) >= 11 is 0. The number of unbranched alkanes of at least 4 members (excludes halogenated alkanes) is 1. The van der Waals surface area contributed by atoms with Crippen LogP contribution in [0.4, 0.5) is 0 Å². The van der Waals surface area contributed by atoms with Crippen LogP contribution in [0.1, 0.15) is 46.1 Å². The van der Waals surface area contributed by atoms with Crippen molar-refractivity contribution < 1.29 is 61.8 Å². The third-order valence-corrected chi connectivity index (χ3v) is 5.81. The van der Waals surface area contributed by atoms with Crippen LogP contribution in [0.15, 0.2) is 12.1 Å². The molecule has 1 aliphatic rings. The van der Waals surface area contributed by atoms with Gasteiger partial charge in [-0.2, -0.15) is 0 Å². The van der Waals surface area contributed by atoms with Gasteiger partial charge >= 0.3 is 23.9 Å². The summed E-state index contributed by atoms with van der Waals surface area (Å²) in [5.74, 6) is -1.11. The maximum absolute atomic E-state index is 11.9. The fourth-order valence-corrected chi connectivity index (χ4v) is 4.23. The van der Waals surface area contributed by atoms with E-state index < -0.39 is 54.6 Å². The van der Waals surface area contributed by atoms with Gasteiger partial charge in [0.05, 0.1) is 21.3 Å². The number of ether oxygens (including phenoxy) is 9. The first-order valence-corrected chi connectivity index (χ1v) is 12.7. The monoisotopic (exact) mass is 570 g/mol. The molecule has 0 radical (unpaired) electrons. The third kappa shape index (κ3) is 9.56. The predicted octanol–water partition coefficient (Wildman–Crippen LogP) is 2.13. The van der Waals surface area contributed by atoms with Crippen molar-refractivity contribution >= 4 is 23.9 Å². The fraction of sp³-hybridized carbons (Fsp3) is 0.630. The number of rotatable bonds is 14. The van der Waals surface area contributed by atoms with Crippen molar-refractivity contribution in [2.75, 3.05) is 34.5 Å². The summed E-state index contributed by atoms with van der Waals surface area (Å²) < 4.78 is 49.2. The minimum Gasteiger partial charge on any atom is -0.493 e. The molecule has 0 aromatic heterocycles. The highest BCUT2D eigenvalue weighted by molar-refractivity contribution is 5.68. The zero-order valence-corrected chi connectivity index (χ0v) is 23.9. The molecule has 0 bridgehead atoms. The van der Waals surface area contributed by atoms with Gasteiger partial charge in [-0.25, -0.2) is 0 Å². The van der Waals surface area contributed by atoms with E-state index in [1.54, 1.807) is 14.2 Å². The predicted molar refractivity (Wildman–Crippen MR) is 137 cm³/mol. The van der Waals surface area contributed by atoms with Crippen molar-refractivity contribution in [3.8, 4) is 17.2 Å². The molecule has 0 saturated carbocycles. The Bertz CT molecular complexity index is 999. The molecule has 5 atom stereocenters. The van der Waals surface area contributed by atoms with Crippen LogP contribution in [0, 0.1) is 0 Å². The molecule has 1 saturated heterocycles. The summed E-state index contributed by atoms with van der Waals surface area (Å²) in [6, 6.07) is 3.73. The molecule has 1 aliphatic heterocycles.